The van der Waals surface area contributed by atoms with Gasteiger partial charge in [-0.3, -0.25) is 0 Å². The van der Waals surface area contributed by atoms with Gasteiger partial charge in [0.15, 0.2) is 0 Å². The lowest BCUT2D eigenvalue weighted by Crippen LogP contribution is -1.93. The Labute approximate surface area is 104 Å². The van der Waals surface area contributed by atoms with Crippen LogP contribution in [0.1, 0.15) is 30.3 Å². The molecule has 0 aliphatic heterocycles. The fourth-order valence-corrected chi connectivity index (χ4v) is 2.05. The smallest absolute Gasteiger partial charge is 0.299 e. The van der Waals surface area contributed by atoms with E-state index in [0.717, 1.165) is 11.3 Å². The minimum absolute atomic E-state index is 0.104. The van der Waals surface area contributed by atoms with Crippen LogP contribution in [-0.4, -0.2) is 15.3 Å². The molecule has 0 radical (unpaired) electrons. The summed E-state index contributed by atoms with van der Waals surface area (Å²) in [5, 5.41) is 17.6. The first-order valence-corrected chi connectivity index (χ1v) is 6.22. The van der Waals surface area contributed by atoms with Gasteiger partial charge in [-0.05, 0) is 17.5 Å². The van der Waals surface area contributed by atoms with E-state index in [4.69, 9.17) is 9.84 Å². The summed E-state index contributed by atoms with van der Waals surface area (Å²) < 4.78 is 5.69. The summed E-state index contributed by atoms with van der Waals surface area (Å²) in [6, 6.07) is 7.86. The molecule has 1 heterocycles. The Kier molecular flexibility index (Phi) is 3.71. The lowest BCUT2D eigenvalue weighted by molar-refractivity contribution is 0.280. The topological polar surface area (TPSA) is 55.2 Å². The molecule has 17 heavy (non-hydrogen) atoms. The normalized spacial score (nSPS) is 10.8. The molecule has 4 nitrogen and oxygen atoms in total. The van der Waals surface area contributed by atoms with Crippen LogP contribution in [0.5, 0.6) is 10.9 Å². The van der Waals surface area contributed by atoms with Crippen molar-refractivity contribution in [3.63, 3.8) is 0 Å². The Balaban J connectivity index is 2.23. The van der Waals surface area contributed by atoms with Crippen molar-refractivity contribution in [1.82, 2.24) is 10.2 Å². The molecule has 2 aromatic rings. The average molecular weight is 250 g/mol. The molecule has 2 rings (SSSR count). The molecule has 0 amide bonds. The Bertz CT molecular complexity index is 497. The van der Waals surface area contributed by atoms with Crippen molar-refractivity contribution in [1.29, 1.82) is 0 Å². The fraction of sp³-hybridized carbons (Fsp3) is 0.333. The summed E-state index contributed by atoms with van der Waals surface area (Å²) in [5.41, 5.74) is 1.13. The highest BCUT2D eigenvalue weighted by molar-refractivity contribution is 7.13. The summed E-state index contributed by atoms with van der Waals surface area (Å²) in [4.78, 5) is 0. The van der Waals surface area contributed by atoms with Crippen LogP contribution in [0.25, 0.3) is 0 Å². The lowest BCUT2D eigenvalue weighted by Gasteiger charge is -2.10. The minimum atomic E-state index is -0.104. The molecule has 0 bridgehead atoms. The van der Waals surface area contributed by atoms with Crippen LogP contribution >= 0.6 is 11.3 Å². The summed E-state index contributed by atoms with van der Waals surface area (Å²) in [6.45, 7) is 4.12. The average Bonchev–Trinajstić information content (AvgIpc) is 2.77. The predicted molar refractivity (Wildman–Crippen MR) is 66.4 cm³/mol. The summed E-state index contributed by atoms with van der Waals surface area (Å²) in [5.74, 6) is 1.18. The molecule has 0 fully saturated rings. The van der Waals surface area contributed by atoms with Crippen molar-refractivity contribution in [2.75, 3.05) is 0 Å². The van der Waals surface area contributed by atoms with E-state index in [9.17, 15) is 0 Å². The SMILES string of the molecule is CC(C)c1ccccc1Oc1nnc(CO)s1. The van der Waals surface area contributed by atoms with E-state index in [2.05, 4.69) is 24.0 Å². The number of nitrogens with zero attached hydrogens (tertiary/aromatic N) is 2. The first kappa shape index (κ1) is 12.0. The molecule has 0 saturated heterocycles. The number of benzene rings is 1. The largest absolute Gasteiger partial charge is 0.429 e. The molecule has 90 valence electrons. The zero-order valence-corrected chi connectivity index (χ0v) is 10.6. The van der Waals surface area contributed by atoms with E-state index >= 15 is 0 Å². The summed E-state index contributed by atoms with van der Waals surface area (Å²) in [6.07, 6.45) is 0. The third kappa shape index (κ3) is 2.81. The van der Waals surface area contributed by atoms with Crippen LogP contribution in [0.3, 0.4) is 0 Å². The zero-order chi connectivity index (χ0) is 12.3. The molecule has 0 spiro atoms. The van der Waals surface area contributed by atoms with Crippen molar-refractivity contribution in [2.24, 2.45) is 0 Å². The van der Waals surface area contributed by atoms with Gasteiger partial charge in [0.05, 0.1) is 6.61 Å². The molecule has 0 aliphatic carbocycles. The molecule has 0 saturated carbocycles. The molecule has 1 N–H and O–H groups in total. The van der Waals surface area contributed by atoms with Crippen LogP contribution < -0.4 is 4.74 Å². The van der Waals surface area contributed by atoms with Gasteiger partial charge in [0.1, 0.15) is 10.8 Å². The van der Waals surface area contributed by atoms with Crippen LogP contribution in [-0.2, 0) is 6.61 Å². The highest BCUT2D eigenvalue weighted by atomic mass is 32.1. The number of para-hydroxylation sites is 1. The first-order chi connectivity index (χ1) is 8.20. The Hall–Kier alpha value is -1.46. The van der Waals surface area contributed by atoms with Crippen LogP contribution in [0.2, 0.25) is 0 Å². The van der Waals surface area contributed by atoms with Gasteiger partial charge >= 0.3 is 0 Å². The van der Waals surface area contributed by atoms with Crippen molar-refractivity contribution in [3.8, 4) is 10.9 Å². The van der Waals surface area contributed by atoms with E-state index < -0.39 is 0 Å². The maximum absolute atomic E-state index is 8.91. The first-order valence-electron chi connectivity index (χ1n) is 5.40. The quantitative estimate of drug-likeness (QED) is 0.906. The van der Waals surface area contributed by atoms with Crippen LogP contribution in [0.4, 0.5) is 0 Å². The number of aliphatic hydroxyl groups is 1. The second-order valence-electron chi connectivity index (χ2n) is 3.91. The number of hydrogen-bond donors (Lipinski definition) is 1. The van der Waals surface area contributed by atoms with Crippen LogP contribution in [0.15, 0.2) is 24.3 Å². The molecule has 0 aliphatic rings. The zero-order valence-electron chi connectivity index (χ0n) is 9.75. The molecule has 1 aromatic heterocycles. The second kappa shape index (κ2) is 5.25. The molecule has 1 aromatic carbocycles. The van der Waals surface area contributed by atoms with Crippen molar-refractivity contribution < 1.29 is 9.84 Å². The van der Waals surface area contributed by atoms with Gasteiger partial charge < -0.3 is 9.84 Å². The Morgan fingerprint density at radius 2 is 2.06 bits per heavy atom. The number of aromatic nitrogens is 2. The predicted octanol–water partition coefficient (Wildman–Crippen LogP) is 2.95. The second-order valence-corrected chi connectivity index (χ2v) is 4.94. The highest BCUT2D eigenvalue weighted by Gasteiger charge is 2.10. The monoisotopic (exact) mass is 250 g/mol. The number of rotatable bonds is 4. The van der Waals surface area contributed by atoms with Gasteiger partial charge in [-0.2, -0.15) is 0 Å². The van der Waals surface area contributed by atoms with Gasteiger partial charge in [-0.15, -0.1) is 5.10 Å². The van der Waals surface area contributed by atoms with Gasteiger partial charge in [0.2, 0.25) is 0 Å². The van der Waals surface area contributed by atoms with Gasteiger partial charge in [0.25, 0.3) is 5.19 Å². The van der Waals surface area contributed by atoms with Crippen molar-refractivity contribution in [2.45, 2.75) is 26.4 Å². The Morgan fingerprint density at radius 3 is 2.71 bits per heavy atom. The maximum Gasteiger partial charge on any atom is 0.299 e. The number of aliphatic hydroxyl groups excluding tert-OH is 1. The molecular formula is C12H14N2O2S. The maximum atomic E-state index is 8.91. The van der Waals surface area contributed by atoms with E-state index in [1.165, 1.54) is 11.3 Å². The van der Waals surface area contributed by atoms with Crippen molar-refractivity contribution >= 4 is 11.3 Å². The molecule has 0 unspecified atom stereocenters. The van der Waals surface area contributed by atoms with E-state index in [0.29, 0.717) is 16.1 Å². The fourth-order valence-electron chi connectivity index (χ4n) is 1.49. The van der Waals surface area contributed by atoms with Crippen LogP contribution in [0, 0.1) is 0 Å². The van der Waals surface area contributed by atoms with E-state index in [-0.39, 0.29) is 6.61 Å². The molecular weight excluding hydrogens is 236 g/mol. The van der Waals surface area contributed by atoms with Gasteiger partial charge in [-0.25, -0.2) is 0 Å². The highest BCUT2D eigenvalue weighted by Crippen LogP contribution is 2.31. The third-order valence-corrected chi connectivity index (χ3v) is 3.11. The lowest BCUT2D eigenvalue weighted by atomic mass is 10.0. The molecule has 5 heteroatoms. The summed E-state index contributed by atoms with van der Waals surface area (Å²) >= 11 is 1.25. The third-order valence-electron chi connectivity index (χ3n) is 2.32. The summed E-state index contributed by atoms with van der Waals surface area (Å²) in [7, 11) is 0. The van der Waals surface area contributed by atoms with Gasteiger partial charge in [0, 0.05) is 0 Å². The number of ether oxygens (including phenoxy) is 1. The van der Waals surface area contributed by atoms with E-state index in [1.54, 1.807) is 0 Å². The van der Waals surface area contributed by atoms with Gasteiger partial charge in [-0.1, -0.05) is 48.5 Å². The minimum Gasteiger partial charge on any atom is -0.429 e. The standard InChI is InChI=1S/C12H14N2O2S/c1-8(2)9-5-3-4-6-10(9)16-12-14-13-11(7-15)17-12/h3-6,8,15H,7H2,1-2H3. The van der Waals surface area contributed by atoms with E-state index in [1.807, 2.05) is 24.3 Å². The Morgan fingerprint density at radius 1 is 1.29 bits per heavy atom. The van der Waals surface area contributed by atoms with Crippen molar-refractivity contribution in [3.05, 3.63) is 34.8 Å². The molecule has 0 atom stereocenters. The number of hydrogen-bond acceptors (Lipinski definition) is 5.